The highest BCUT2D eigenvalue weighted by molar-refractivity contribution is 9.10. The summed E-state index contributed by atoms with van der Waals surface area (Å²) in [5.74, 6) is 0.348. The third-order valence-corrected chi connectivity index (χ3v) is 5.03. The van der Waals surface area contributed by atoms with Crippen LogP contribution in [0.3, 0.4) is 0 Å². The fourth-order valence-corrected chi connectivity index (χ4v) is 3.37. The molecule has 116 valence electrons. The minimum atomic E-state index is -0.368. The van der Waals surface area contributed by atoms with Crippen LogP contribution in [-0.4, -0.2) is 24.7 Å². The van der Waals surface area contributed by atoms with Gasteiger partial charge in [0.25, 0.3) is 0 Å². The molecule has 1 aromatic rings. The van der Waals surface area contributed by atoms with Crippen molar-refractivity contribution in [3.05, 3.63) is 34.3 Å². The molecule has 0 unspecified atom stereocenters. The predicted molar refractivity (Wildman–Crippen MR) is 88.2 cm³/mol. The number of piperidine rings is 1. The molecule has 1 saturated heterocycles. The van der Waals surface area contributed by atoms with E-state index in [9.17, 15) is 4.79 Å². The number of ether oxygens (including phenoxy) is 1. The number of benzene rings is 1. The van der Waals surface area contributed by atoms with Crippen LogP contribution in [0.4, 0.5) is 0 Å². The predicted octanol–water partition coefficient (Wildman–Crippen LogP) is 3.70. The first kappa shape index (κ1) is 16.5. The van der Waals surface area contributed by atoms with E-state index in [0.717, 1.165) is 36.0 Å². The first-order valence-electron chi connectivity index (χ1n) is 7.65. The molecule has 3 nitrogen and oxygen atoms in total. The highest BCUT2D eigenvalue weighted by Crippen LogP contribution is 2.29. The summed E-state index contributed by atoms with van der Waals surface area (Å²) in [6.45, 7) is 6.11. The van der Waals surface area contributed by atoms with Gasteiger partial charge in [0.15, 0.2) is 0 Å². The molecule has 0 atom stereocenters. The topological polar surface area (TPSA) is 38.3 Å². The molecule has 1 N–H and O–H groups in total. The Morgan fingerprint density at radius 1 is 1.33 bits per heavy atom. The van der Waals surface area contributed by atoms with Crippen molar-refractivity contribution in [3.63, 3.8) is 0 Å². The molecule has 0 bridgehead atoms. The second kappa shape index (κ2) is 7.41. The molecule has 0 aliphatic carbocycles. The van der Waals surface area contributed by atoms with E-state index in [4.69, 9.17) is 4.74 Å². The Hall–Kier alpha value is -0.870. The zero-order chi connectivity index (χ0) is 15.3. The number of carbonyl (C=O) groups is 1. The summed E-state index contributed by atoms with van der Waals surface area (Å²) in [6.07, 6.45) is 3.29. The van der Waals surface area contributed by atoms with Crippen molar-refractivity contribution in [2.45, 2.75) is 45.1 Å². The molecule has 0 spiro atoms. The normalized spacial score (nSPS) is 16.7. The van der Waals surface area contributed by atoms with Crippen molar-refractivity contribution >= 4 is 21.9 Å². The SMILES string of the molecule is CC(C)(OC(=O)CCc1ccccc1Br)C1CCNCC1. The van der Waals surface area contributed by atoms with Gasteiger partial charge in [-0.25, -0.2) is 0 Å². The van der Waals surface area contributed by atoms with E-state index in [1.807, 2.05) is 38.1 Å². The van der Waals surface area contributed by atoms with E-state index >= 15 is 0 Å². The van der Waals surface area contributed by atoms with Gasteiger partial charge >= 0.3 is 5.97 Å². The number of hydrogen-bond donors (Lipinski definition) is 1. The quantitative estimate of drug-likeness (QED) is 0.820. The third kappa shape index (κ3) is 4.82. The molecule has 1 heterocycles. The van der Waals surface area contributed by atoms with Crippen LogP contribution in [0.1, 0.15) is 38.7 Å². The van der Waals surface area contributed by atoms with Crippen LogP contribution in [0.15, 0.2) is 28.7 Å². The van der Waals surface area contributed by atoms with E-state index < -0.39 is 0 Å². The minimum absolute atomic E-state index is 0.103. The lowest BCUT2D eigenvalue weighted by atomic mass is 9.83. The monoisotopic (exact) mass is 353 g/mol. The number of carbonyl (C=O) groups excluding carboxylic acids is 1. The lowest BCUT2D eigenvalue weighted by Crippen LogP contribution is -2.42. The molecule has 4 heteroatoms. The van der Waals surface area contributed by atoms with Crippen molar-refractivity contribution in [2.24, 2.45) is 5.92 Å². The maximum Gasteiger partial charge on any atom is 0.306 e. The van der Waals surface area contributed by atoms with Gasteiger partial charge in [0, 0.05) is 16.8 Å². The smallest absolute Gasteiger partial charge is 0.306 e. The average Bonchev–Trinajstić information content (AvgIpc) is 2.47. The average molecular weight is 354 g/mol. The Morgan fingerprint density at radius 2 is 2.00 bits per heavy atom. The van der Waals surface area contributed by atoms with Crippen molar-refractivity contribution in [1.29, 1.82) is 0 Å². The van der Waals surface area contributed by atoms with E-state index in [1.54, 1.807) is 0 Å². The molecule has 0 amide bonds. The van der Waals surface area contributed by atoms with Gasteiger partial charge < -0.3 is 10.1 Å². The lowest BCUT2D eigenvalue weighted by Gasteiger charge is -2.36. The Balaban J connectivity index is 1.84. The highest BCUT2D eigenvalue weighted by Gasteiger charge is 2.33. The Morgan fingerprint density at radius 3 is 2.67 bits per heavy atom. The molecular formula is C17H24BrNO2. The maximum absolute atomic E-state index is 12.1. The first-order chi connectivity index (χ1) is 9.99. The van der Waals surface area contributed by atoms with Crippen molar-refractivity contribution in [1.82, 2.24) is 5.32 Å². The second-order valence-electron chi connectivity index (χ2n) is 6.19. The number of esters is 1. The van der Waals surface area contributed by atoms with Crippen LogP contribution in [-0.2, 0) is 16.0 Å². The molecular weight excluding hydrogens is 330 g/mol. The summed E-state index contributed by atoms with van der Waals surface area (Å²) in [5, 5.41) is 3.35. The van der Waals surface area contributed by atoms with E-state index in [0.29, 0.717) is 18.8 Å². The van der Waals surface area contributed by atoms with Crippen LogP contribution in [0.2, 0.25) is 0 Å². The Bertz CT molecular complexity index is 481. The number of hydrogen-bond acceptors (Lipinski definition) is 3. The maximum atomic E-state index is 12.1. The van der Waals surface area contributed by atoms with Gasteiger partial charge in [-0.1, -0.05) is 34.1 Å². The van der Waals surface area contributed by atoms with Gasteiger partial charge in [-0.2, -0.15) is 0 Å². The number of aryl methyl sites for hydroxylation is 1. The van der Waals surface area contributed by atoms with Crippen LogP contribution in [0.5, 0.6) is 0 Å². The number of nitrogens with one attached hydrogen (secondary N) is 1. The van der Waals surface area contributed by atoms with Crippen LogP contribution >= 0.6 is 15.9 Å². The molecule has 0 aromatic heterocycles. The minimum Gasteiger partial charge on any atom is -0.459 e. The number of rotatable bonds is 5. The summed E-state index contributed by atoms with van der Waals surface area (Å²) in [5.41, 5.74) is 0.779. The molecule has 1 aliphatic heterocycles. The second-order valence-corrected chi connectivity index (χ2v) is 7.05. The molecule has 1 fully saturated rings. The zero-order valence-electron chi connectivity index (χ0n) is 12.8. The molecule has 0 saturated carbocycles. The van der Waals surface area contributed by atoms with Crippen LogP contribution < -0.4 is 5.32 Å². The van der Waals surface area contributed by atoms with Gasteiger partial charge in [0.2, 0.25) is 0 Å². The van der Waals surface area contributed by atoms with Gasteiger partial charge in [-0.15, -0.1) is 0 Å². The molecule has 0 radical (unpaired) electrons. The van der Waals surface area contributed by atoms with Crippen LogP contribution in [0, 0.1) is 5.92 Å². The van der Waals surface area contributed by atoms with E-state index in [2.05, 4.69) is 21.2 Å². The molecule has 2 rings (SSSR count). The molecule has 1 aliphatic rings. The van der Waals surface area contributed by atoms with Crippen molar-refractivity contribution < 1.29 is 9.53 Å². The Labute approximate surface area is 135 Å². The fourth-order valence-electron chi connectivity index (χ4n) is 2.88. The summed E-state index contributed by atoms with van der Waals surface area (Å²) in [6, 6.07) is 8.01. The zero-order valence-corrected chi connectivity index (χ0v) is 14.4. The van der Waals surface area contributed by atoms with Crippen molar-refractivity contribution in [2.75, 3.05) is 13.1 Å². The van der Waals surface area contributed by atoms with E-state index in [-0.39, 0.29) is 11.6 Å². The standard InChI is InChI=1S/C17H24BrNO2/c1-17(2,14-9-11-19-12-10-14)21-16(20)8-7-13-5-3-4-6-15(13)18/h3-6,14,19H,7-12H2,1-2H3. The largest absolute Gasteiger partial charge is 0.459 e. The van der Waals surface area contributed by atoms with Crippen molar-refractivity contribution in [3.8, 4) is 0 Å². The molecule has 21 heavy (non-hydrogen) atoms. The van der Waals surface area contributed by atoms with Crippen LogP contribution in [0.25, 0.3) is 0 Å². The van der Waals surface area contributed by atoms with Gasteiger partial charge in [-0.05, 0) is 57.8 Å². The first-order valence-corrected chi connectivity index (χ1v) is 8.44. The summed E-state index contributed by atoms with van der Waals surface area (Å²) in [7, 11) is 0. The van der Waals surface area contributed by atoms with Gasteiger partial charge in [0.1, 0.15) is 5.60 Å². The summed E-state index contributed by atoms with van der Waals surface area (Å²) >= 11 is 3.51. The summed E-state index contributed by atoms with van der Waals surface area (Å²) < 4.78 is 6.81. The molecule has 1 aromatic carbocycles. The van der Waals surface area contributed by atoms with Gasteiger partial charge in [0.05, 0.1) is 0 Å². The van der Waals surface area contributed by atoms with Gasteiger partial charge in [-0.3, -0.25) is 4.79 Å². The summed E-state index contributed by atoms with van der Waals surface area (Å²) in [4.78, 5) is 12.1. The Kier molecular flexibility index (Phi) is 5.82. The fraction of sp³-hybridized carbons (Fsp3) is 0.588. The third-order valence-electron chi connectivity index (χ3n) is 4.26. The van der Waals surface area contributed by atoms with E-state index in [1.165, 1.54) is 0 Å². The highest BCUT2D eigenvalue weighted by atomic mass is 79.9. The number of halogens is 1. The lowest BCUT2D eigenvalue weighted by molar-refractivity contribution is -0.162.